The molecule has 1 fully saturated rings. The van der Waals surface area contributed by atoms with Gasteiger partial charge in [-0.3, -0.25) is 0 Å². The van der Waals surface area contributed by atoms with Crippen molar-refractivity contribution in [3.63, 3.8) is 0 Å². The molecule has 0 amide bonds. The lowest BCUT2D eigenvalue weighted by atomic mass is 10.2. The molecule has 118 valence electrons. The van der Waals surface area contributed by atoms with Gasteiger partial charge in [-0.2, -0.15) is 0 Å². The van der Waals surface area contributed by atoms with E-state index in [0.717, 1.165) is 44.8 Å². The number of nitrogens with one attached hydrogen (secondary N) is 2. The molecule has 1 heterocycles. The van der Waals surface area contributed by atoms with Crippen LogP contribution in [-0.2, 0) is 11.3 Å². The summed E-state index contributed by atoms with van der Waals surface area (Å²) in [6.45, 7) is 7.09. The van der Waals surface area contributed by atoms with Crippen molar-refractivity contribution >= 4 is 0 Å². The van der Waals surface area contributed by atoms with Gasteiger partial charge in [-0.1, -0.05) is 30.3 Å². The van der Waals surface area contributed by atoms with Gasteiger partial charge in [0.2, 0.25) is 0 Å². The summed E-state index contributed by atoms with van der Waals surface area (Å²) < 4.78 is 5.58. The maximum atomic E-state index is 10.1. The Morgan fingerprint density at radius 3 is 2.38 bits per heavy atom. The molecule has 1 saturated heterocycles. The second-order valence-electron chi connectivity index (χ2n) is 5.83. The van der Waals surface area contributed by atoms with E-state index in [0.29, 0.717) is 13.2 Å². The molecule has 1 aromatic carbocycles. The highest BCUT2D eigenvalue weighted by molar-refractivity contribution is 5.13. The summed E-state index contributed by atoms with van der Waals surface area (Å²) in [7, 11) is 0. The van der Waals surface area contributed by atoms with Crippen molar-refractivity contribution in [1.29, 1.82) is 0 Å². The van der Waals surface area contributed by atoms with Crippen molar-refractivity contribution in [2.24, 2.45) is 0 Å². The van der Waals surface area contributed by atoms with E-state index in [1.165, 1.54) is 9.80 Å². The molecule has 21 heavy (non-hydrogen) atoms. The molecule has 1 atom stereocenters. The van der Waals surface area contributed by atoms with Crippen molar-refractivity contribution in [3.8, 4) is 0 Å². The van der Waals surface area contributed by atoms with Crippen LogP contribution < -0.4 is 9.80 Å². The molecular formula is C16H28N2O3+2. The molecular weight excluding hydrogens is 268 g/mol. The SMILES string of the molecule is OCC[NH+]1CC[NH+](C[C@@H](O)COCc2ccccc2)CC1. The van der Waals surface area contributed by atoms with Gasteiger partial charge in [0, 0.05) is 0 Å². The van der Waals surface area contributed by atoms with E-state index in [4.69, 9.17) is 9.84 Å². The van der Waals surface area contributed by atoms with Crippen LogP contribution in [0.15, 0.2) is 30.3 Å². The summed E-state index contributed by atoms with van der Waals surface area (Å²) >= 11 is 0. The second-order valence-corrected chi connectivity index (χ2v) is 5.83. The van der Waals surface area contributed by atoms with Gasteiger partial charge in [-0.05, 0) is 5.56 Å². The van der Waals surface area contributed by atoms with Crippen LogP contribution in [0.25, 0.3) is 0 Å². The van der Waals surface area contributed by atoms with Crippen molar-refractivity contribution in [2.45, 2.75) is 12.7 Å². The third kappa shape index (κ3) is 6.11. The summed E-state index contributed by atoms with van der Waals surface area (Å²) in [5.41, 5.74) is 1.14. The second kappa shape index (κ2) is 9.12. The quantitative estimate of drug-likeness (QED) is 0.424. The largest absolute Gasteiger partial charge is 0.391 e. The van der Waals surface area contributed by atoms with E-state index in [1.807, 2.05) is 30.3 Å². The van der Waals surface area contributed by atoms with Crippen LogP contribution >= 0.6 is 0 Å². The molecule has 0 aliphatic carbocycles. The summed E-state index contributed by atoms with van der Waals surface area (Å²) in [4.78, 5) is 2.91. The number of hydrogen-bond donors (Lipinski definition) is 4. The first-order valence-electron chi connectivity index (χ1n) is 7.85. The van der Waals surface area contributed by atoms with E-state index in [-0.39, 0.29) is 6.61 Å². The van der Waals surface area contributed by atoms with Crippen LogP contribution in [0.1, 0.15) is 5.56 Å². The lowest BCUT2D eigenvalue weighted by Gasteiger charge is -2.30. The Labute approximate surface area is 126 Å². The normalized spacial score (nSPS) is 23.9. The number of quaternary nitrogens is 2. The Morgan fingerprint density at radius 1 is 1.05 bits per heavy atom. The molecule has 1 aliphatic rings. The third-order valence-electron chi connectivity index (χ3n) is 4.08. The zero-order chi connectivity index (χ0) is 14.9. The average molecular weight is 296 g/mol. The standard InChI is InChI=1S/C16H26N2O3/c19-11-10-17-6-8-18(9-7-17)12-16(20)14-21-13-15-4-2-1-3-5-15/h1-5,16,19-20H,6-14H2/p+2/t16-/m1/s1. The van der Waals surface area contributed by atoms with E-state index in [1.54, 1.807) is 0 Å². The Bertz CT molecular complexity index is 380. The molecule has 2 rings (SSSR count). The van der Waals surface area contributed by atoms with Crippen LogP contribution in [0.2, 0.25) is 0 Å². The van der Waals surface area contributed by atoms with E-state index in [9.17, 15) is 5.11 Å². The number of benzene rings is 1. The first kappa shape index (κ1) is 16.4. The highest BCUT2D eigenvalue weighted by Crippen LogP contribution is 2.00. The maximum absolute atomic E-state index is 10.1. The van der Waals surface area contributed by atoms with Crippen LogP contribution in [-0.4, -0.2) is 68.8 Å². The topological polar surface area (TPSA) is 58.6 Å². The van der Waals surface area contributed by atoms with Crippen molar-refractivity contribution < 1.29 is 24.7 Å². The monoisotopic (exact) mass is 296 g/mol. The molecule has 0 bridgehead atoms. The summed E-state index contributed by atoms with van der Waals surface area (Å²) in [6, 6.07) is 10.0. The van der Waals surface area contributed by atoms with Gasteiger partial charge < -0.3 is 24.7 Å². The summed E-state index contributed by atoms with van der Waals surface area (Å²) in [6.07, 6.45) is -0.400. The fraction of sp³-hybridized carbons (Fsp3) is 0.625. The molecule has 4 N–H and O–H groups in total. The molecule has 0 saturated carbocycles. The van der Waals surface area contributed by atoms with E-state index >= 15 is 0 Å². The van der Waals surface area contributed by atoms with E-state index < -0.39 is 6.10 Å². The number of aliphatic hydroxyl groups excluding tert-OH is 2. The summed E-state index contributed by atoms with van der Waals surface area (Å²) in [5.74, 6) is 0. The number of ether oxygens (including phenoxy) is 1. The first-order chi connectivity index (χ1) is 10.3. The van der Waals surface area contributed by atoms with Crippen molar-refractivity contribution in [2.75, 3.05) is 52.5 Å². The predicted molar refractivity (Wildman–Crippen MR) is 80.3 cm³/mol. The van der Waals surface area contributed by atoms with Gasteiger partial charge in [0.25, 0.3) is 0 Å². The zero-order valence-electron chi connectivity index (χ0n) is 12.6. The Hall–Kier alpha value is -0.980. The van der Waals surface area contributed by atoms with Crippen molar-refractivity contribution in [3.05, 3.63) is 35.9 Å². The fourth-order valence-corrected chi connectivity index (χ4v) is 2.85. The highest BCUT2D eigenvalue weighted by atomic mass is 16.5. The minimum absolute atomic E-state index is 0.265. The van der Waals surface area contributed by atoms with E-state index in [2.05, 4.69) is 0 Å². The molecule has 5 nitrogen and oxygen atoms in total. The smallest absolute Gasteiger partial charge is 0.127 e. The average Bonchev–Trinajstić information content (AvgIpc) is 2.51. The number of hydrogen-bond acceptors (Lipinski definition) is 3. The van der Waals surface area contributed by atoms with Crippen LogP contribution in [0.4, 0.5) is 0 Å². The lowest BCUT2D eigenvalue weighted by Crippen LogP contribution is -3.28. The number of piperazine rings is 1. The Balaban J connectivity index is 1.58. The van der Waals surface area contributed by atoms with Crippen LogP contribution in [0, 0.1) is 0 Å². The molecule has 0 spiro atoms. The first-order valence-corrected chi connectivity index (χ1v) is 7.85. The summed E-state index contributed by atoms with van der Waals surface area (Å²) in [5, 5.41) is 19.0. The minimum atomic E-state index is -0.400. The molecule has 0 unspecified atom stereocenters. The molecule has 5 heteroatoms. The van der Waals surface area contributed by atoms with Gasteiger partial charge in [-0.25, -0.2) is 0 Å². The van der Waals surface area contributed by atoms with Gasteiger partial charge in [0.05, 0.1) is 19.8 Å². The zero-order valence-corrected chi connectivity index (χ0v) is 12.6. The van der Waals surface area contributed by atoms with Crippen molar-refractivity contribution in [1.82, 2.24) is 0 Å². The maximum Gasteiger partial charge on any atom is 0.127 e. The van der Waals surface area contributed by atoms with Gasteiger partial charge >= 0.3 is 0 Å². The Morgan fingerprint density at radius 2 is 1.71 bits per heavy atom. The Kier molecular flexibility index (Phi) is 7.12. The fourth-order valence-electron chi connectivity index (χ4n) is 2.85. The number of rotatable bonds is 8. The van der Waals surface area contributed by atoms with Crippen LogP contribution in [0.5, 0.6) is 0 Å². The van der Waals surface area contributed by atoms with Gasteiger partial charge in [0.1, 0.15) is 45.4 Å². The molecule has 0 radical (unpaired) electrons. The van der Waals surface area contributed by atoms with Crippen LogP contribution in [0.3, 0.4) is 0 Å². The lowest BCUT2D eigenvalue weighted by molar-refractivity contribution is -1.01. The van der Waals surface area contributed by atoms with Gasteiger partial charge in [0.15, 0.2) is 0 Å². The minimum Gasteiger partial charge on any atom is -0.391 e. The molecule has 1 aromatic rings. The predicted octanol–water partition coefficient (Wildman–Crippen LogP) is -2.66. The highest BCUT2D eigenvalue weighted by Gasteiger charge is 2.24. The molecule has 0 aromatic heterocycles. The number of aliphatic hydroxyl groups is 2. The third-order valence-corrected chi connectivity index (χ3v) is 4.08. The van der Waals surface area contributed by atoms with Gasteiger partial charge in [-0.15, -0.1) is 0 Å². The molecule has 1 aliphatic heterocycles.